The number of hydrogen-bond acceptors (Lipinski definition) is 4. The average molecular weight is 705 g/mol. The molecule has 7 heteroatoms. The third-order valence-corrected chi connectivity index (χ3v) is 5.75. The van der Waals surface area contributed by atoms with Crippen LogP contribution in [-0.2, 0) is 26.4 Å². The number of anilines is 2. The molecule has 0 saturated carbocycles. The largest absolute Gasteiger partial charge is 0.361 e. The first-order valence-electron chi connectivity index (χ1n) is 9.74. The number of benzene rings is 2. The summed E-state index contributed by atoms with van der Waals surface area (Å²) in [5.74, 6) is 0.0565. The van der Waals surface area contributed by atoms with Crippen LogP contribution in [0, 0.1) is 7.14 Å². The normalized spacial score (nSPS) is 16.3. The molecular weight excluding hydrogens is 685 g/mol. The molecule has 4 nitrogen and oxygen atoms in total. The van der Waals surface area contributed by atoms with E-state index in [0.717, 1.165) is 11.4 Å². The number of ketones is 2. The number of nitrogens with one attached hydrogen (secondary N) is 2. The van der Waals surface area contributed by atoms with Gasteiger partial charge >= 0.3 is 0 Å². The smallest absolute Gasteiger partial charge is 0.187 e. The monoisotopic (exact) mass is 705 g/mol. The van der Waals surface area contributed by atoms with Crippen molar-refractivity contribution >= 4 is 68.1 Å². The molecule has 0 fully saturated rings. The maximum Gasteiger partial charge on any atom is 0.187 e. The van der Waals surface area contributed by atoms with Crippen LogP contribution in [0.1, 0.15) is 0 Å². The van der Waals surface area contributed by atoms with E-state index in [1.165, 1.54) is 7.14 Å². The summed E-state index contributed by atoms with van der Waals surface area (Å²) in [5, 5.41) is 6.20. The summed E-state index contributed by atoms with van der Waals surface area (Å²) < 4.78 is 2.37. The van der Waals surface area contributed by atoms with Crippen molar-refractivity contribution < 1.29 is 26.4 Å². The Bertz CT molecular complexity index is 1070. The van der Waals surface area contributed by atoms with Crippen LogP contribution in [0.3, 0.4) is 0 Å². The Hall–Kier alpha value is -2.21. The van der Waals surface area contributed by atoms with Crippen LogP contribution in [0.15, 0.2) is 121 Å². The van der Waals surface area contributed by atoms with E-state index in [2.05, 4.69) is 55.8 Å². The van der Waals surface area contributed by atoms with Crippen LogP contribution >= 0.6 is 45.2 Å². The van der Waals surface area contributed by atoms with Crippen LogP contribution < -0.4 is 10.6 Å². The van der Waals surface area contributed by atoms with Crippen LogP contribution in [-0.4, -0.2) is 11.6 Å². The molecule has 0 spiro atoms. The Kier molecular flexibility index (Phi) is 11.6. The molecular formula is C26H20CoI2N2O2. The fraction of sp³-hybridized carbons (Fsp3) is 0. The molecule has 0 heterocycles. The molecule has 2 aromatic carbocycles. The standard InChI is InChI=1S/2C13H10INO.Co/c2*14-11-5-7-12(8-6-11)15-9-10-3-1-2-4-13(10)16;/h2*1-9,15H;. The van der Waals surface area contributed by atoms with E-state index in [0.29, 0.717) is 11.1 Å². The zero-order valence-corrected chi connectivity index (χ0v) is 22.7. The zero-order chi connectivity index (χ0) is 22.8. The first-order chi connectivity index (χ1) is 15.5. The van der Waals surface area contributed by atoms with E-state index in [-0.39, 0.29) is 28.3 Å². The van der Waals surface area contributed by atoms with Gasteiger partial charge in [-0.05, 0) is 118 Å². The third-order valence-electron chi connectivity index (χ3n) is 4.32. The Morgan fingerprint density at radius 3 is 1.21 bits per heavy atom. The molecule has 0 unspecified atom stereocenters. The van der Waals surface area contributed by atoms with Gasteiger partial charge in [0.1, 0.15) is 0 Å². The first-order valence-corrected chi connectivity index (χ1v) is 11.9. The summed E-state index contributed by atoms with van der Waals surface area (Å²) in [5.41, 5.74) is 3.29. The molecule has 0 aliphatic heterocycles. The summed E-state index contributed by atoms with van der Waals surface area (Å²) in [7, 11) is 0. The molecule has 0 aromatic heterocycles. The molecule has 4 rings (SSSR count). The number of allylic oxidation sites excluding steroid dienone is 10. The molecule has 2 aliphatic carbocycles. The van der Waals surface area contributed by atoms with Crippen molar-refractivity contribution in [2.24, 2.45) is 0 Å². The molecule has 2 N–H and O–H groups in total. The van der Waals surface area contributed by atoms with Gasteiger partial charge in [-0.15, -0.1) is 0 Å². The van der Waals surface area contributed by atoms with Crippen molar-refractivity contribution in [1.82, 2.24) is 0 Å². The van der Waals surface area contributed by atoms with E-state index < -0.39 is 0 Å². The number of carbonyl (C=O) groups is 2. The van der Waals surface area contributed by atoms with Crippen molar-refractivity contribution in [3.05, 3.63) is 128 Å². The second-order valence-electron chi connectivity index (χ2n) is 6.67. The second-order valence-corrected chi connectivity index (χ2v) is 9.16. The molecule has 2 aliphatic rings. The summed E-state index contributed by atoms with van der Waals surface area (Å²) >= 11 is 4.51. The molecule has 0 amide bonds. The van der Waals surface area contributed by atoms with E-state index >= 15 is 0 Å². The van der Waals surface area contributed by atoms with E-state index in [4.69, 9.17) is 0 Å². The van der Waals surface area contributed by atoms with Crippen LogP contribution in [0.2, 0.25) is 0 Å². The third kappa shape index (κ3) is 9.28. The van der Waals surface area contributed by atoms with Crippen LogP contribution in [0.4, 0.5) is 11.4 Å². The summed E-state index contributed by atoms with van der Waals surface area (Å²) in [6.07, 6.45) is 17.3. The number of hydrogen-bond donors (Lipinski definition) is 2. The van der Waals surface area contributed by atoms with Crippen molar-refractivity contribution in [2.75, 3.05) is 10.6 Å². The topological polar surface area (TPSA) is 58.2 Å². The van der Waals surface area contributed by atoms with Crippen molar-refractivity contribution in [1.29, 1.82) is 0 Å². The van der Waals surface area contributed by atoms with Gasteiger partial charge in [0.05, 0.1) is 0 Å². The summed E-state index contributed by atoms with van der Waals surface area (Å²) in [6, 6.07) is 16.0. The van der Waals surface area contributed by atoms with Gasteiger partial charge in [0, 0.05) is 58.8 Å². The quantitative estimate of drug-likeness (QED) is 0.280. The van der Waals surface area contributed by atoms with Crippen molar-refractivity contribution in [2.45, 2.75) is 0 Å². The number of rotatable bonds is 4. The predicted molar refractivity (Wildman–Crippen MR) is 148 cm³/mol. The predicted octanol–water partition coefficient (Wildman–Crippen LogP) is 6.56. The summed E-state index contributed by atoms with van der Waals surface area (Å²) in [4.78, 5) is 22.8. The Labute approximate surface area is 231 Å². The molecule has 0 atom stereocenters. The van der Waals surface area contributed by atoms with E-state index in [1.807, 2.05) is 60.7 Å². The fourth-order valence-electron chi connectivity index (χ4n) is 2.61. The molecule has 2 aromatic rings. The van der Waals surface area contributed by atoms with E-state index in [9.17, 15) is 9.59 Å². The SMILES string of the molecule is O=C1C=CC=CC1=CNc1ccc(I)cc1.O=C1C=CC=CC1=CNc1ccc(I)cc1.[Co]. The zero-order valence-electron chi connectivity index (χ0n) is 17.3. The van der Waals surface area contributed by atoms with Gasteiger partial charge in [0.2, 0.25) is 0 Å². The maximum atomic E-state index is 11.4. The van der Waals surface area contributed by atoms with Gasteiger partial charge in [-0.3, -0.25) is 9.59 Å². The minimum atomic E-state index is 0. The van der Waals surface area contributed by atoms with Crippen LogP contribution in [0.25, 0.3) is 0 Å². The average Bonchev–Trinajstić information content (AvgIpc) is 2.81. The summed E-state index contributed by atoms with van der Waals surface area (Å²) in [6.45, 7) is 0. The van der Waals surface area contributed by atoms with Gasteiger partial charge in [-0.1, -0.05) is 24.3 Å². The first kappa shape index (κ1) is 27.0. The van der Waals surface area contributed by atoms with Gasteiger partial charge in [-0.25, -0.2) is 0 Å². The van der Waals surface area contributed by atoms with Gasteiger partial charge < -0.3 is 10.6 Å². The second kappa shape index (κ2) is 14.1. The number of carbonyl (C=O) groups excluding carboxylic acids is 2. The minimum absolute atomic E-state index is 0. The maximum absolute atomic E-state index is 11.4. The minimum Gasteiger partial charge on any atom is -0.361 e. The van der Waals surface area contributed by atoms with Crippen molar-refractivity contribution in [3.8, 4) is 0 Å². The van der Waals surface area contributed by atoms with E-state index in [1.54, 1.807) is 48.9 Å². The number of halogens is 2. The molecule has 169 valence electrons. The molecule has 0 saturated heterocycles. The molecule has 33 heavy (non-hydrogen) atoms. The molecule has 1 radical (unpaired) electrons. The Balaban J connectivity index is 0.000000227. The molecule has 0 bridgehead atoms. The Morgan fingerprint density at radius 1 is 0.545 bits per heavy atom. The fourth-order valence-corrected chi connectivity index (χ4v) is 3.33. The van der Waals surface area contributed by atoms with Gasteiger partial charge in [-0.2, -0.15) is 0 Å². The van der Waals surface area contributed by atoms with Crippen molar-refractivity contribution in [3.63, 3.8) is 0 Å². The van der Waals surface area contributed by atoms with Crippen LogP contribution in [0.5, 0.6) is 0 Å². The van der Waals surface area contributed by atoms with Gasteiger partial charge in [0.25, 0.3) is 0 Å². The van der Waals surface area contributed by atoms with Gasteiger partial charge in [0.15, 0.2) is 11.6 Å². The Morgan fingerprint density at radius 2 is 0.879 bits per heavy atom.